The highest BCUT2D eigenvalue weighted by molar-refractivity contribution is 5.66. The summed E-state index contributed by atoms with van der Waals surface area (Å²) < 4.78 is 5.84. The Kier molecular flexibility index (Phi) is 7.17. The van der Waals surface area contributed by atoms with Crippen molar-refractivity contribution in [2.75, 3.05) is 0 Å². The van der Waals surface area contributed by atoms with E-state index in [0.717, 1.165) is 19.3 Å². The molecule has 34 heavy (non-hydrogen) atoms. The normalized spacial score (nSPS) is 44.5. The highest BCUT2D eigenvalue weighted by Crippen LogP contribution is 2.67. The van der Waals surface area contributed by atoms with Gasteiger partial charge < -0.3 is 14.9 Å². The van der Waals surface area contributed by atoms with Crippen molar-refractivity contribution in [3.05, 3.63) is 23.8 Å². The summed E-state index contributed by atoms with van der Waals surface area (Å²) in [4.78, 5) is 12.0. The van der Waals surface area contributed by atoms with Gasteiger partial charge in [-0.2, -0.15) is 0 Å². The van der Waals surface area contributed by atoms with Gasteiger partial charge in [0.05, 0.1) is 12.2 Å². The van der Waals surface area contributed by atoms with Crippen LogP contribution in [-0.2, 0) is 9.53 Å². The van der Waals surface area contributed by atoms with Gasteiger partial charge in [-0.15, -0.1) is 0 Å². The largest absolute Gasteiger partial charge is 0.462 e. The van der Waals surface area contributed by atoms with Gasteiger partial charge in [-0.05, 0) is 80.0 Å². The van der Waals surface area contributed by atoms with Gasteiger partial charge in [0.25, 0.3) is 0 Å². The number of esters is 1. The second kappa shape index (κ2) is 9.39. The van der Waals surface area contributed by atoms with Gasteiger partial charge in [0.2, 0.25) is 0 Å². The SMILES string of the molecule is C=C(CC[C@@H](C)[C@H]1CC[C@H]2[C@@H]3CC=C4C[C@@H](O)C[C@H](OC(C)=O)[C@]4(C)[C@H]3[C@H](O)C[C@]12C)C(C)C. The summed E-state index contributed by atoms with van der Waals surface area (Å²) in [5, 5.41) is 22.3. The molecule has 3 saturated carbocycles. The van der Waals surface area contributed by atoms with E-state index in [1.807, 2.05) is 0 Å². The Morgan fingerprint density at radius 2 is 1.94 bits per heavy atom. The maximum Gasteiger partial charge on any atom is 0.302 e. The predicted octanol–water partition coefficient (Wildman–Crippen LogP) is 6.07. The first kappa shape index (κ1) is 25.9. The maximum atomic E-state index is 12.0. The fraction of sp³-hybridized carbons (Fsp3) is 0.833. The molecule has 4 rings (SSSR count). The third-order valence-corrected chi connectivity index (χ3v) is 10.9. The lowest BCUT2D eigenvalue weighted by Gasteiger charge is -2.61. The number of hydrogen-bond acceptors (Lipinski definition) is 4. The van der Waals surface area contributed by atoms with Crippen LogP contribution in [0.15, 0.2) is 23.8 Å². The topological polar surface area (TPSA) is 66.8 Å². The highest BCUT2D eigenvalue weighted by Gasteiger charge is 2.64. The van der Waals surface area contributed by atoms with Crippen molar-refractivity contribution in [2.24, 2.45) is 46.3 Å². The molecule has 10 atom stereocenters. The third-order valence-electron chi connectivity index (χ3n) is 10.9. The standard InChI is InChI=1S/C30H48O4/c1-17(2)18(3)8-9-19(4)24-12-13-25-23-11-10-21-14-22(32)15-27(34-20(5)31)30(21,7)28(23)26(33)16-29(24,25)6/h10,17,19,22-28,32-33H,3,8-9,11-16H2,1-2,4-7H3/t19-,22-,23+,24-,25+,26-,27+,28-,29-,30-/m1/s1. The van der Waals surface area contributed by atoms with E-state index < -0.39 is 17.6 Å². The molecule has 0 aromatic heterocycles. The summed E-state index contributed by atoms with van der Waals surface area (Å²) in [6.07, 6.45) is 8.72. The van der Waals surface area contributed by atoms with Crippen molar-refractivity contribution in [3.8, 4) is 0 Å². The van der Waals surface area contributed by atoms with Gasteiger partial charge in [0, 0.05) is 24.7 Å². The van der Waals surface area contributed by atoms with Crippen molar-refractivity contribution in [1.29, 1.82) is 0 Å². The molecule has 0 aliphatic heterocycles. The molecule has 0 aromatic carbocycles. The summed E-state index contributed by atoms with van der Waals surface area (Å²) in [5.41, 5.74) is 2.29. The van der Waals surface area contributed by atoms with Gasteiger partial charge in [-0.25, -0.2) is 0 Å². The molecule has 2 N–H and O–H groups in total. The minimum atomic E-state index is -0.483. The Labute approximate surface area is 207 Å². The molecule has 4 nitrogen and oxygen atoms in total. The number of ether oxygens (including phenoxy) is 1. The summed E-state index contributed by atoms with van der Waals surface area (Å²) in [6, 6.07) is 0. The number of aliphatic hydroxyl groups is 2. The number of carbonyl (C=O) groups is 1. The van der Waals surface area contributed by atoms with E-state index >= 15 is 0 Å². The van der Waals surface area contributed by atoms with E-state index in [0.29, 0.717) is 42.4 Å². The number of hydrogen-bond donors (Lipinski definition) is 2. The third kappa shape index (κ3) is 4.21. The minimum Gasteiger partial charge on any atom is -0.462 e. The van der Waals surface area contributed by atoms with E-state index in [1.54, 1.807) is 0 Å². The molecule has 0 saturated heterocycles. The van der Waals surface area contributed by atoms with E-state index in [9.17, 15) is 15.0 Å². The number of allylic oxidation sites excluding steroid dienone is 2. The van der Waals surface area contributed by atoms with Crippen LogP contribution in [0, 0.1) is 46.3 Å². The second-order valence-corrected chi connectivity index (χ2v) is 13.0. The minimum absolute atomic E-state index is 0.0807. The van der Waals surface area contributed by atoms with Crippen molar-refractivity contribution in [1.82, 2.24) is 0 Å². The Morgan fingerprint density at radius 1 is 1.24 bits per heavy atom. The van der Waals surface area contributed by atoms with Crippen LogP contribution in [0.2, 0.25) is 0 Å². The lowest BCUT2D eigenvalue weighted by molar-refractivity contribution is -0.182. The number of fused-ring (bicyclic) bond motifs is 5. The molecule has 0 unspecified atom stereocenters. The molecule has 4 aliphatic rings. The molecule has 0 heterocycles. The molecule has 4 heteroatoms. The molecule has 0 amide bonds. The smallest absolute Gasteiger partial charge is 0.302 e. The Balaban J connectivity index is 1.60. The van der Waals surface area contributed by atoms with Crippen LogP contribution in [-0.4, -0.2) is 34.5 Å². The van der Waals surface area contributed by atoms with Crippen molar-refractivity contribution in [3.63, 3.8) is 0 Å². The molecule has 3 fully saturated rings. The molecule has 0 aromatic rings. The molecule has 0 radical (unpaired) electrons. The molecule has 4 aliphatic carbocycles. The summed E-state index contributed by atoms with van der Waals surface area (Å²) >= 11 is 0. The van der Waals surface area contributed by atoms with Gasteiger partial charge in [-0.1, -0.05) is 58.4 Å². The van der Waals surface area contributed by atoms with Crippen molar-refractivity contribution in [2.45, 2.75) is 111 Å². The summed E-state index contributed by atoms with van der Waals surface area (Å²) in [5.74, 6) is 2.56. The highest BCUT2D eigenvalue weighted by atomic mass is 16.5. The average Bonchev–Trinajstić information content (AvgIpc) is 3.08. The lowest BCUT2D eigenvalue weighted by Crippen LogP contribution is -2.61. The Hall–Kier alpha value is -1.13. The molecule has 0 spiro atoms. The lowest BCUT2D eigenvalue weighted by atomic mass is 9.45. The zero-order chi connectivity index (χ0) is 25.0. The van der Waals surface area contributed by atoms with Crippen molar-refractivity contribution >= 4 is 5.97 Å². The predicted molar refractivity (Wildman–Crippen MR) is 136 cm³/mol. The van der Waals surface area contributed by atoms with Crippen LogP contribution in [0.25, 0.3) is 0 Å². The molecular weight excluding hydrogens is 424 g/mol. The first-order valence-electron chi connectivity index (χ1n) is 13.8. The molecular formula is C30H48O4. The van der Waals surface area contributed by atoms with Gasteiger partial charge in [0.15, 0.2) is 0 Å². The molecule has 192 valence electrons. The maximum absolute atomic E-state index is 12.0. The average molecular weight is 473 g/mol. The first-order valence-corrected chi connectivity index (χ1v) is 13.8. The number of rotatable bonds is 6. The quantitative estimate of drug-likeness (QED) is 0.364. The zero-order valence-electron chi connectivity index (χ0n) is 22.3. The zero-order valence-corrected chi connectivity index (χ0v) is 22.3. The number of aliphatic hydroxyl groups excluding tert-OH is 2. The monoisotopic (exact) mass is 472 g/mol. The van der Waals surface area contributed by atoms with E-state index in [2.05, 4.69) is 47.3 Å². The number of carbonyl (C=O) groups excluding carboxylic acids is 1. The van der Waals surface area contributed by atoms with Gasteiger partial charge in [-0.3, -0.25) is 4.79 Å². The first-order chi connectivity index (χ1) is 15.9. The van der Waals surface area contributed by atoms with E-state index in [-0.39, 0.29) is 23.4 Å². The van der Waals surface area contributed by atoms with Crippen LogP contribution < -0.4 is 0 Å². The van der Waals surface area contributed by atoms with Crippen LogP contribution in [0.4, 0.5) is 0 Å². The van der Waals surface area contributed by atoms with Crippen LogP contribution >= 0.6 is 0 Å². The van der Waals surface area contributed by atoms with E-state index in [1.165, 1.54) is 37.3 Å². The van der Waals surface area contributed by atoms with E-state index in [4.69, 9.17) is 4.74 Å². The fourth-order valence-corrected chi connectivity index (χ4v) is 9.04. The van der Waals surface area contributed by atoms with Gasteiger partial charge >= 0.3 is 5.97 Å². The van der Waals surface area contributed by atoms with Crippen molar-refractivity contribution < 1.29 is 19.7 Å². The Bertz CT molecular complexity index is 830. The Morgan fingerprint density at radius 3 is 2.59 bits per heavy atom. The summed E-state index contributed by atoms with van der Waals surface area (Å²) in [7, 11) is 0. The fourth-order valence-electron chi connectivity index (χ4n) is 9.04. The van der Waals surface area contributed by atoms with Gasteiger partial charge in [0.1, 0.15) is 6.10 Å². The molecule has 0 bridgehead atoms. The van der Waals surface area contributed by atoms with Crippen LogP contribution in [0.1, 0.15) is 92.9 Å². The van der Waals surface area contributed by atoms with Crippen LogP contribution in [0.3, 0.4) is 0 Å². The summed E-state index contributed by atoms with van der Waals surface area (Å²) in [6.45, 7) is 17.3. The second-order valence-electron chi connectivity index (χ2n) is 13.0. The van der Waals surface area contributed by atoms with Crippen LogP contribution in [0.5, 0.6) is 0 Å².